The zero-order chi connectivity index (χ0) is 30.1. The minimum Gasteiger partial charge on any atom is -0.366 e. The summed E-state index contributed by atoms with van der Waals surface area (Å²) in [6, 6.07) is 25.3. The Balaban J connectivity index is 1.39. The van der Waals surface area contributed by atoms with Gasteiger partial charge in [-0.2, -0.15) is 0 Å². The molecule has 2 aromatic heterocycles. The largest absolute Gasteiger partial charge is 0.366 e. The maximum absolute atomic E-state index is 13.3. The minimum atomic E-state index is -0.580. The summed E-state index contributed by atoms with van der Waals surface area (Å²) in [5.41, 5.74) is 12.0. The molecule has 0 saturated heterocycles. The van der Waals surface area contributed by atoms with E-state index in [-0.39, 0.29) is 18.2 Å². The van der Waals surface area contributed by atoms with Gasteiger partial charge in [0.15, 0.2) is 0 Å². The van der Waals surface area contributed by atoms with Gasteiger partial charge in [-0.15, -0.1) is 0 Å². The number of H-pyrrole nitrogens is 1. The van der Waals surface area contributed by atoms with E-state index in [1.807, 2.05) is 43.3 Å². The molecule has 0 aliphatic carbocycles. The number of halogens is 1. The van der Waals surface area contributed by atoms with E-state index in [4.69, 9.17) is 5.73 Å². The van der Waals surface area contributed by atoms with Crippen LogP contribution in [-0.2, 0) is 11.2 Å². The van der Waals surface area contributed by atoms with Crippen LogP contribution in [0.2, 0.25) is 0 Å². The molecule has 4 aromatic carbocycles. The van der Waals surface area contributed by atoms with Crippen molar-refractivity contribution < 1.29 is 18.8 Å². The average molecular weight is 572 g/mol. The number of hydrogen-bond donors (Lipinski definition) is 4. The van der Waals surface area contributed by atoms with Crippen molar-refractivity contribution in [3.05, 3.63) is 125 Å². The van der Waals surface area contributed by atoms with Gasteiger partial charge in [0.2, 0.25) is 5.91 Å². The van der Waals surface area contributed by atoms with E-state index in [0.29, 0.717) is 39.2 Å². The molecule has 0 aliphatic rings. The van der Waals surface area contributed by atoms with Crippen molar-refractivity contribution in [2.24, 2.45) is 5.73 Å². The van der Waals surface area contributed by atoms with E-state index in [9.17, 15) is 18.8 Å². The van der Waals surface area contributed by atoms with Gasteiger partial charge in [0, 0.05) is 45.1 Å². The van der Waals surface area contributed by atoms with Crippen LogP contribution in [0.5, 0.6) is 0 Å². The molecule has 3 amide bonds. The number of nitrogens with two attached hydrogens (primary N) is 1. The number of aromatic amines is 1. The summed E-state index contributed by atoms with van der Waals surface area (Å²) >= 11 is 0. The molecule has 0 spiro atoms. The van der Waals surface area contributed by atoms with E-state index in [2.05, 4.69) is 20.6 Å². The van der Waals surface area contributed by atoms with Crippen molar-refractivity contribution in [3.63, 3.8) is 0 Å². The second-order valence-electron chi connectivity index (χ2n) is 10.1. The zero-order valence-electron chi connectivity index (χ0n) is 23.1. The third-order valence-electron chi connectivity index (χ3n) is 7.35. The Hall–Kier alpha value is -5.83. The summed E-state index contributed by atoms with van der Waals surface area (Å²) in [4.78, 5) is 45.5. The molecule has 0 aliphatic heterocycles. The highest BCUT2D eigenvalue weighted by atomic mass is 19.1. The molecule has 5 N–H and O–H groups in total. The van der Waals surface area contributed by atoms with Crippen molar-refractivity contribution in [1.29, 1.82) is 0 Å². The summed E-state index contributed by atoms with van der Waals surface area (Å²) in [6.45, 7) is 1.90. The molecule has 0 fully saturated rings. The normalized spacial score (nSPS) is 11.0. The van der Waals surface area contributed by atoms with Gasteiger partial charge >= 0.3 is 0 Å². The fourth-order valence-corrected chi connectivity index (χ4v) is 5.25. The molecule has 2 heterocycles. The van der Waals surface area contributed by atoms with Gasteiger partial charge in [-0.3, -0.25) is 19.4 Å². The third-order valence-corrected chi connectivity index (χ3v) is 7.35. The molecule has 6 rings (SSSR count). The van der Waals surface area contributed by atoms with Crippen molar-refractivity contribution >= 4 is 50.9 Å². The number of primary amides is 1. The number of nitrogens with zero attached hydrogens (tertiary/aromatic N) is 1. The van der Waals surface area contributed by atoms with Gasteiger partial charge in [0.05, 0.1) is 17.5 Å². The molecular weight excluding hydrogens is 545 g/mol. The molecule has 8 nitrogen and oxygen atoms in total. The molecule has 0 unspecified atom stereocenters. The average Bonchev–Trinajstić information content (AvgIpc) is 3.37. The highest BCUT2D eigenvalue weighted by Gasteiger charge is 2.19. The summed E-state index contributed by atoms with van der Waals surface area (Å²) in [6.07, 6.45) is 1.78. The first-order valence-corrected chi connectivity index (χ1v) is 13.5. The fraction of sp³-hybridized carbons (Fsp3) is 0.0588. The monoisotopic (exact) mass is 571 g/mol. The van der Waals surface area contributed by atoms with Crippen molar-refractivity contribution in [2.45, 2.75) is 13.3 Å². The molecule has 9 heteroatoms. The lowest BCUT2D eigenvalue weighted by molar-refractivity contribution is -0.115. The number of fused-ring (bicyclic) bond motifs is 3. The predicted octanol–water partition coefficient (Wildman–Crippen LogP) is 6.36. The number of carbonyl (C=O) groups is 3. The Morgan fingerprint density at radius 2 is 1.70 bits per heavy atom. The van der Waals surface area contributed by atoms with Crippen LogP contribution in [-0.4, -0.2) is 27.7 Å². The number of carbonyl (C=O) groups excluding carboxylic acids is 3. The van der Waals surface area contributed by atoms with Gasteiger partial charge in [-0.1, -0.05) is 30.3 Å². The van der Waals surface area contributed by atoms with E-state index >= 15 is 0 Å². The predicted molar refractivity (Wildman–Crippen MR) is 165 cm³/mol. The van der Waals surface area contributed by atoms with E-state index in [1.54, 1.807) is 36.5 Å². The topological polar surface area (TPSA) is 130 Å². The maximum Gasteiger partial charge on any atom is 0.255 e. The number of benzene rings is 4. The van der Waals surface area contributed by atoms with Gasteiger partial charge in [-0.25, -0.2) is 4.39 Å². The number of pyridine rings is 1. The molecule has 0 atom stereocenters. The first-order valence-electron chi connectivity index (χ1n) is 13.5. The molecule has 0 saturated carbocycles. The second-order valence-corrected chi connectivity index (χ2v) is 10.1. The SMILES string of the molecule is Cc1c(NC(=O)c2ccc(F)cc2)cccc1-c1ccc(C(N)=O)c2[nH]c3cc(NC(=O)Cc4ccccn4)ccc3c12. The number of anilines is 2. The van der Waals surface area contributed by atoms with Crippen LogP contribution in [0.4, 0.5) is 15.8 Å². The Morgan fingerprint density at radius 3 is 2.44 bits per heavy atom. The van der Waals surface area contributed by atoms with Crippen LogP contribution < -0.4 is 16.4 Å². The smallest absolute Gasteiger partial charge is 0.255 e. The molecule has 212 valence electrons. The Morgan fingerprint density at radius 1 is 0.884 bits per heavy atom. The summed E-state index contributed by atoms with van der Waals surface area (Å²) in [5, 5.41) is 7.44. The fourth-order valence-electron chi connectivity index (χ4n) is 5.25. The molecule has 6 aromatic rings. The lowest BCUT2D eigenvalue weighted by Crippen LogP contribution is -2.14. The lowest BCUT2D eigenvalue weighted by atomic mass is 9.93. The Labute approximate surface area is 245 Å². The highest BCUT2D eigenvalue weighted by molar-refractivity contribution is 6.20. The summed E-state index contributed by atoms with van der Waals surface area (Å²) < 4.78 is 13.3. The van der Waals surface area contributed by atoms with Crippen LogP contribution in [0.3, 0.4) is 0 Å². The second kappa shape index (κ2) is 11.2. The summed E-state index contributed by atoms with van der Waals surface area (Å²) in [7, 11) is 0. The van der Waals surface area contributed by atoms with Crippen LogP contribution in [0.15, 0.2) is 97.2 Å². The first kappa shape index (κ1) is 27.3. The highest BCUT2D eigenvalue weighted by Crippen LogP contribution is 2.39. The quantitative estimate of drug-likeness (QED) is 0.178. The number of rotatable bonds is 7. The molecule has 43 heavy (non-hydrogen) atoms. The maximum atomic E-state index is 13.3. The first-order chi connectivity index (χ1) is 20.8. The number of aromatic nitrogens is 2. The van der Waals surface area contributed by atoms with E-state index in [0.717, 1.165) is 27.5 Å². The van der Waals surface area contributed by atoms with Crippen molar-refractivity contribution in [3.8, 4) is 11.1 Å². The van der Waals surface area contributed by atoms with Gasteiger partial charge in [0.1, 0.15) is 5.82 Å². The molecule has 0 bridgehead atoms. The number of amides is 3. The van der Waals surface area contributed by atoms with E-state index < -0.39 is 11.7 Å². The van der Waals surface area contributed by atoms with Crippen LogP contribution in [0.1, 0.15) is 32.0 Å². The van der Waals surface area contributed by atoms with Crippen LogP contribution >= 0.6 is 0 Å². The standard InChI is InChI=1S/C34H26FN5O3/c1-19-24(6-4-7-28(19)40-34(43)20-8-10-21(35)11-9-20)25-14-15-27(33(36)42)32-31(25)26-13-12-23(17-29(26)39-32)38-30(41)18-22-5-2-3-16-37-22/h2-17,39H,18H2,1H3,(H2,36,42)(H,38,41)(H,40,43). The van der Waals surface area contributed by atoms with E-state index in [1.165, 1.54) is 24.3 Å². The van der Waals surface area contributed by atoms with Crippen molar-refractivity contribution in [2.75, 3.05) is 10.6 Å². The van der Waals surface area contributed by atoms with Gasteiger partial charge < -0.3 is 21.4 Å². The minimum absolute atomic E-state index is 0.134. The summed E-state index contributed by atoms with van der Waals surface area (Å²) in [5.74, 6) is -1.57. The van der Waals surface area contributed by atoms with Crippen LogP contribution in [0, 0.1) is 12.7 Å². The van der Waals surface area contributed by atoms with Gasteiger partial charge in [0.25, 0.3) is 11.8 Å². The Kier molecular flexibility index (Phi) is 7.13. The van der Waals surface area contributed by atoms with Gasteiger partial charge in [-0.05, 0) is 84.3 Å². The number of nitrogens with one attached hydrogen (secondary N) is 3. The van der Waals surface area contributed by atoms with Crippen LogP contribution in [0.25, 0.3) is 32.9 Å². The number of hydrogen-bond acceptors (Lipinski definition) is 4. The lowest BCUT2D eigenvalue weighted by Gasteiger charge is -2.15. The molecule has 0 radical (unpaired) electrons. The van der Waals surface area contributed by atoms with Crippen molar-refractivity contribution in [1.82, 2.24) is 9.97 Å². The Bertz CT molecular complexity index is 2040. The molecular formula is C34H26FN5O3. The third kappa shape index (κ3) is 5.43. The zero-order valence-corrected chi connectivity index (χ0v) is 23.1.